The van der Waals surface area contributed by atoms with Crippen LogP contribution in [-0.4, -0.2) is 31.1 Å². The molecule has 156 valence electrons. The second-order valence-corrected chi connectivity index (χ2v) is 7.89. The van der Waals surface area contributed by atoms with Gasteiger partial charge in [-0.3, -0.25) is 14.9 Å². The van der Waals surface area contributed by atoms with Crippen molar-refractivity contribution in [2.45, 2.75) is 13.8 Å². The Bertz CT molecular complexity index is 1030. The minimum Gasteiger partial charge on any atom is -0.490 e. The van der Waals surface area contributed by atoms with E-state index in [0.29, 0.717) is 40.4 Å². The van der Waals surface area contributed by atoms with Gasteiger partial charge < -0.3 is 9.47 Å². The molecule has 4 amide bonds. The van der Waals surface area contributed by atoms with Crippen molar-refractivity contribution >= 4 is 61.5 Å². The Kier molecular flexibility index (Phi) is 6.94. The first-order valence-electron chi connectivity index (χ1n) is 9.11. The Labute approximate surface area is 190 Å². The second-order valence-electron chi connectivity index (χ2n) is 6.12. The van der Waals surface area contributed by atoms with Crippen LogP contribution in [0.15, 0.2) is 50.9 Å². The van der Waals surface area contributed by atoms with E-state index in [0.717, 1.165) is 9.37 Å². The Morgan fingerprint density at radius 1 is 0.967 bits per heavy atom. The number of urea groups is 1. The second kappa shape index (κ2) is 9.44. The van der Waals surface area contributed by atoms with Crippen molar-refractivity contribution in [2.75, 3.05) is 18.1 Å². The highest BCUT2D eigenvalue weighted by Gasteiger charge is 2.37. The predicted octanol–water partition coefficient (Wildman–Crippen LogP) is 4.68. The van der Waals surface area contributed by atoms with E-state index in [4.69, 9.17) is 9.47 Å². The smallest absolute Gasteiger partial charge is 0.335 e. The first kappa shape index (κ1) is 22.0. The number of imide groups is 2. The third-order valence-electron chi connectivity index (χ3n) is 4.15. The zero-order valence-corrected chi connectivity index (χ0v) is 19.4. The van der Waals surface area contributed by atoms with Crippen LogP contribution in [0.1, 0.15) is 19.4 Å². The maximum Gasteiger partial charge on any atom is 0.335 e. The van der Waals surface area contributed by atoms with Gasteiger partial charge >= 0.3 is 6.03 Å². The number of anilines is 1. The fourth-order valence-corrected chi connectivity index (χ4v) is 3.54. The molecular formula is C21H18Br2N2O5. The van der Waals surface area contributed by atoms with Gasteiger partial charge in [0.15, 0.2) is 11.5 Å². The lowest BCUT2D eigenvalue weighted by molar-refractivity contribution is -0.122. The molecule has 0 aliphatic carbocycles. The third-order valence-corrected chi connectivity index (χ3v) is 5.36. The van der Waals surface area contributed by atoms with Crippen LogP contribution in [-0.2, 0) is 9.59 Å². The molecule has 0 radical (unpaired) electrons. The first-order chi connectivity index (χ1) is 14.3. The molecule has 2 aromatic rings. The Morgan fingerprint density at radius 2 is 1.57 bits per heavy atom. The van der Waals surface area contributed by atoms with Gasteiger partial charge in [0.05, 0.1) is 18.9 Å². The Morgan fingerprint density at radius 3 is 2.17 bits per heavy atom. The SMILES string of the molecule is CCOc1cc(Br)c(/C=C2\C(=O)NC(=O)N(c3ccc(Br)cc3)C2=O)cc1OCC. The minimum absolute atomic E-state index is 0.176. The van der Waals surface area contributed by atoms with Crippen molar-refractivity contribution in [3.8, 4) is 11.5 Å². The van der Waals surface area contributed by atoms with Crippen LogP contribution in [0.2, 0.25) is 0 Å². The van der Waals surface area contributed by atoms with E-state index in [-0.39, 0.29) is 5.57 Å². The Balaban J connectivity index is 2.03. The van der Waals surface area contributed by atoms with E-state index in [1.165, 1.54) is 6.08 Å². The summed E-state index contributed by atoms with van der Waals surface area (Å²) in [6.45, 7) is 4.58. The molecule has 7 nitrogen and oxygen atoms in total. The summed E-state index contributed by atoms with van der Waals surface area (Å²) in [5.41, 5.74) is 0.704. The van der Waals surface area contributed by atoms with Gasteiger partial charge in [0, 0.05) is 8.95 Å². The zero-order valence-electron chi connectivity index (χ0n) is 16.2. The minimum atomic E-state index is -0.801. The average Bonchev–Trinajstić information content (AvgIpc) is 2.69. The summed E-state index contributed by atoms with van der Waals surface area (Å²) < 4.78 is 12.6. The quantitative estimate of drug-likeness (QED) is 0.427. The van der Waals surface area contributed by atoms with Gasteiger partial charge in [0.1, 0.15) is 5.57 Å². The molecule has 0 atom stereocenters. The molecule has 30 heavy (non-hydrogen) atoms. The number of amides is 4. The summed E-state index contributed by atoms with van der Waals surface area (Å²) in [5.74, 6) is -0.458. The number of hydrogen-bond donors (Lipinski definition) is 1. The summed E-state index contributed by atoms with van der Waals surface area (Å²) in [4.78, 5) is 38.7. The number of hydrogen-bond acceptors (Lipinski definition) is 5. The maximum absolute atomic E-state index is 13.0. The van der Waals surface area contributed by atoms with Crippen molar-refractivity contribution in [2.24, 2.45) is 0 Å². The van der Waals surface area contributed by atoms with Crippen molar-refractivity contribution in [1.82, 2.24) is 5.32 Å². The van der Waals surface area contributed by atoms with E-state index in [2.05, 4.69) is 37.2 Å². The molecule has 0 aromatic heterocycles. The number of nitrogens with zero attached hydrogens (tertiary/aromatic N) is 1. The Hall–Kier alpha value is -2.65. The average molecular weight is 538 g/mol. The maximum atomic E-state index is 13.0. The molecule has 1 aliphatic rings. The van der Waals surface area contributed by atoms with Crippen LogP contribution in [0.5, 0.6) is 11.5 Å². The number of ether oxygens (including phenoxy) is 2. The number of halogens is 2. The number of rotatable bonds is 6. The lowest BCUT2D eigenvalue weighted by atomic mass is 10.1. The van der Waals surface area contributed by atoms with Crippen LogP contribution < -0.4 is 19.7 Å². The summed E-state index contributed by atoms with van der Waals surface area (Å²) in [5, 5.41) is 2.21. The van der Waals surface area contributed by atoms with Gasteiger partial charge in [-0.25, -0.2) is 9.69 Å². The predicted molar refractivity (Wildman–Crippen MR) is 120 cm³/mol. The van der Waals surface area contributed by atoms with E-state index in [1.807, 2.05) is 13.8 Å². The largest absolute Gasteiger partial charge is 0.490 e. The summed E-state index contributed by atoms with van der Waals surface area (Å²) in [6.07, 6.45) is 1.41. The molecule has 1 saturated heterocycles. The molecule has 0 bridgehead atoms. The molecule has 1 aliphatic heterocycles. The fourth-order valence-electron chi connectivity index (χ4n) is 2.84. The number of barbiturate groups is 1. The van der Waals surface area contributed by atoms with E-state index in [1.54, 1.807) is 36.4 Å². The summed E-state index contributed by atoms with van der Waals surface area (Å²) >= 11 is 6.75. The van der Waals surface area contributed by atoms with Gasteiger partial charge in [-0.1, -0.05) is 31.9 Å². The number of carbonyl (C=O) groups excluding carboxylic acids is 3. The standard InChI is InChI=1S/C21H18Br2N2O5/c1-3-29-17-10-12(16(23)11-18(17)30-4-2)9-15-19(26)24-21(28)25(20(15)27)14-7-5-13(22)6-8-14/h5-11H,3-4H2,1-2H3,(H,24,26,28)/b15-9+. The molecule has 3 rings (SSSR count). The molecule has 0 spiro atoms. The van der Waals surface area contributed by atoms with Gasteiger partial charge in [-0.05, 0) is 61.9 Å². The van der Waals surface area contributed by atoms with Crippen LogP contribution >= 0.6 is 31.9 Å². The molecule has 1 fully saturated rings. The lowest BCUT2D eigenvalue weighted by Gasteiger charge is -2.26. The lowest BCUT2D eigenvalue weighted by Crippen LogP contribution is -2.54. The van der Waals surface area contributed by atoms with Crippen LogP contribution in [0.25, 0.3) is 6.08 Å². The number of benzene rings is 2. The molecule has 1 heterocycles. The third kappa shape index (κ3) is 4.57. The highest BCUT2D eigenvalue weighted by atomic mass is 79.9. The van der Waals surface area contributed by atoms with Gasteiger partial charge in [0.25, 0.3) is 11.8 Å². The monoisotopic (exact) mass is 536 g/mol. The van der Waals surface area contributed by atoms with Crippen molar-refractivity contribution in [3.05, 3.63) is 56.5 Å². The van der Waals surface area contributed by atoms with Gasteiger partial charge in [-0.2, -0.15) is 0 Å². The van der Waals surface area contributed by atoms with Crippen LogP contribution in [0.3, 0.4) is 0 Å². The summed E-state index contributed by atoms with van der Waals surface area (Å²) in [7, 11) is 0. The van der Waals surface area contributed by atoms with Crippen molar-refractivity contribution in [1.29, 1.82) is 0 Å². The van der Waals surface area contributed by atoms with Crippen molar-refractivity contribution < 1.29 is 23.9 Å². The zero-order chi connectivity index (χ0) is 21.8. The van der Waals surface area contributed by atoms with Crippen LogP contribution in [0.4, 0.5) is 10.5 Å². The highest BCUT2D eigenvalue weighted by molar-refractivity contribution is 9.10. The topological polar surface area (TPSA) is 84.9 Å². The summed E-state index contributed by atoms with van der Waals surface area (Å²) in [6, 6.07) is 9.20. The number of carbonyl (C=O) groups is 3. The van der Waals surface area contributed by atoms with Gasteiger partial charge in [0.2, 0.25) is 0 Å². The van der Waals surface area contributed by atoms with E-state index < -0.39 is 17.8 Å². The highest BCUT2D eigenvalue weighted by Crippen LogP contribution is 2.35. The fraction of sp³-hybridized carbons (Fsp3) is 0.190. The molecular weight excluding hydrogens is 520 g/mol. The molecule has 0 unspecified atom stereocenters. The molecule has 0 saturated carbocycles. The van der Waals surface area contributed by atoms with E-state index >= 15 is 0 Å². The number of nitrogens with one attached hydrogen (secondary N) is 1. The van der Waals surface area contributed by atoms with E-state index in [9.17, 15) is 14.4 Å². The molecule has 9 heteroatoms. The van der Waals surface area contributed by atoms with Crippen molar-refractivity contribution in [3.63, 3.8) is 0 Å². The first-order valence-corrected chi connectivity index (χ1v) is 10.7. The van der Waals surface area contributed by atoms with Crippen LogP contribution in [0, 0.1) is 0 Å². The molecule has 1 N–H and O–H groups in total. The normalized spacial score (nSPS) is 15.4. The molecule has 2 aromatic carbocycles. The van der Waals surface area contributed by atoms with Gasteiger partial charge in [-0.15, -0.1) is 0 Å².